The topological polar surface area (TPSA) is 75.4 Å². The monoisotopic (exact) mass is 239 g/mol. The van der Waals surface area contributed by atoms with E-state index in [1.54, 1.807) is 0 Å². The highest BCUT2D eigenvalue weighted by Crippen LogP contribution is 2.33. The first-order valence-electron chi connectivity index (χ1n) is 6.49. The number of carbonyl (C=O) groups is 2. The van der Waals surface area contributed by atoms with Crippen molar-refractivity contribution < 1.29 is 9.59 Å². The van der Waals surface area contributed by atoms with Crippen molar-refractivity contribution in [3.63, 3.8) is 0 Å². The second-order valence-electron chi connectivity index (χ2n) is 5.16. The number of nitrogens with zero attached hydrogens (tertiary/aromatic N) is 1. The van der Waals surface area contributed by atoms with Crippen LogP contribution < -0.4 is 11.1 Å². The van der Waals surface area contributed by atoms with E-state index < -0.39 is 5.54 Å². The first-order chi connectivity index (χ1) is 8.09. The number of carbonyl (C=O) groups excluding carboxylic acids is 2. The third-order valence-corrected chi connectivity index (χ3v) is 3.89. The summed E-state index contributed by atoms with van der Waals surface area (Å²) in [6.07, 6.45) is 5.49. The van der Waals surface area contributed by atoms with E-state index in [1.807, 2.05) is 6.92 Å². The predicted molar refractivity (Wildman–Crippen MR) is 64.3 cm³/mol. The lowest BCUT2D eigenvalue weighted by Crippen LogP contribution is -2.49. The van der Waals surface area contributed by atoms with Gasteiger partial charge in [0.2, 0.25) is 0 Å². The van der Waals surface area contributed by atoms with Crippen molar-refractivity contribution in [1.82, 2.24) is 10.2 Å². The molecule has 2 rings (SSSR count). The Labute approximate surface area is 102 Å². The van der Waals surface area contributed by atoms with Crippen molar-refractivity contribution in [2.75, 3.05) is 6.54 Å². The predicted octanol–water partition coefficient (Wildman–Crippen LogP) is 0.978. The molecule has 0 aromatic rings. The van der Waals surface area contributed by atoms with Gasteiger partial charge in [-0.25, -0.2) is 4.79 Å². The molecule has 1 saturated carbocycles. The molecular weight excluding hydrogens is 218 g/mol. The van der Waals surface area contributed by atoms with Crippen LogP contribution in [0, 0.1) is 0 Å². The number of hydrogen-bond donors (Lipinski definition) is 2. The SMILES string of the molecule is CCC(N)CN1C(=O)NC2(CCCCC2)C1=O. The lowest BCUT2D eigenvalue weighted by molar-refractivity contribution is -0.132. The van der Waals surface area contributed by atoms with Gasteiger partial charge in [0.15, 0.2) is 0 Å². The molecule has 1 unspecified atom stereocenters. The Kier molecular flexibility index (Phi) is 3.38. The van der Waals surface area contributed by atoms with Crippen molar-refractivity contribution in [2.45, 2.75) is 57.0 Å². The van der Waals surface area contributed by atoms with Gasteiger partial charge >= 0.3 is 6.03 Å². The van der Waals surface area contributed by atoms with E-state index >= 15 is 0 Å². The number of hydrogen-bond acceptors (Lipinski definition) is 3. The van der Waals surface area contributed by atoms with Gasteiger partial charge in [0, 0.05) is 12.6 Å². The molecule has 1 spiro atoms. The van der Waals surface area contributed by atoms with Gasteiger partial charge in [-0.05, 0) is 19.3 Å². The summed E-state index contributed by atoms with van der Waals surface area (Å²) in [4.78, 5) is 25.5. The Bertz CT molecular complexity index is 324. The molecule has 1 aliphatic carbocycles. The zero-order valence-electron chi connectivity index (χ0n) is 10.4. The quantitative estimate of drug-likeness (QED) is 0.721. The molecule has 0 bridgehead atoms. The van der Waals surface area contributed by atoms with Crippen LogP contribution in [0.4, 0.5) is 4.79 Å². The van der Waals surface area contributed by atoms with Gasteiger partial charge in [0.05, 0.1) is 0 Å². The standard InChI is InChI=1S/C12H21N3O2/c1-2-9(13)8-15-10(16)12(14-11(15)17)6-4-3-5-7-12/h9H,2-8,13H2,1H3,(H,14,17). The molecule has 1 atom stereocenters. The van der Waals surface area contributed by atoms with E-state index in [0.717, 1.165) is 38.5 Å². The third kappa shape index (κ3) is 2.16. The van der Waals surface area contributed by atoms with Crippen LogP contribution in [0.5, 0.6) is 0 Å². The van der Waals surface area contributed by atoms with E-state index in [4.69, 9.17) is 5.73 Å². The minimum Gasteiger partial charge on any atom is -0.326 e. The Morgan fingerprint density at radius 2 is 2.00 bits per heavy atom. The van der Waals surface area contributed by atoms with E-state index in [0.29, 0.717) is 6.54 Å². The molecule has 96 valence electrons. The van der Waals surface area contributed by atoms with Crippen molar-refractivity contribution in [1.29, 1.82) is 0 Å². The number of rotatable bonds is 3. The van der Waals surface area contributed by atoms with Gasteiger partial charge in [0.1, 0.15) is 5.54 Å². The second-order valence-corrected chi connectivity index (χ2v) is 5.16. The van der Waals surface area contributed by atoms with Gasteiger partial charge < -0.3 is 11.1 Å². The Morgan fingerprint density at radius 3 is 2.59 bits per heavy atom. The molecule has 0 aromatic heterocycles. The average Bonchev–Trinajstić information content (AvgIpc) is 2.55. The van der Waals surface area contributed by atoms with E-state index in [1.165, 1.54) is 4.90 Å². The number of nitrogens with two attached hydrogens (primary N) is 1. The van der Waals surface area contributed by atoms with Crippen LogP contribution in [0.3, 0.4) is 0 Å². The minimum atomic E-state index is -0.608. The summed E-state index contributed by atoms with van der Waals surface area (Å²) in [6, 6.07) is -0.385. The third-order valence-electron chi connectivity index (χ3n) is 3.89. The minimum absolute atomic E-state index is 0.0638. The summed E-state index contributed by atoms with van der Waals surface area (Å²) in [6.45, 7) is 2.29. The molecule has 3 amide bonds. The van der Waals surface area contributed by atoms with Crippen LogP contribution in [-0.4, -0.2) is 35.0 Å². The van der Waals surface area contributed by atoms with E-state index in [-0.39, 0.29) is 18.0 Å². The highest BCUT2D eigenvalue weighted by Gasteiger charge is 2.51. The van der Waals surface area contributed by atoms with Gasteiger partial charge in [-0.2, -0.15) is 0 Å². The summed E-state index contributed by atoms with van der Waals surface area (Å²) in [5, 5.41) is 2.88. The Hall–Kier alpha value is -1.10. The Balaban J connectivity index is 2.10. The Morgan fingerprint density at radius 1 is 1.35 bits per heavy atom. The van der Waals surface area contributed by atoms with Crippen LogP contribution in [0.1, 0.15) is 45.4 Å². The molecule has 1 aliphatic heterocycles. The molecule has 2 fully saturated rings. The fourth-order valence-corrected chi connectivity index (χ4v) is 2.70. The van der Waals surface area contributed by atoms with Gasteiger partial charge in [-0.15, -0.1) is 0 Å². The van der Waals surface area contributed by atoms with E-state index in [9.17, 15) is 9.59 Å². The van der Waals surface area contributed by atoms with Crippen LogP contribution in [-0.2, 0) is 4.79 Å². The summed E-state index contributed by atoms with van der Waals surface area (Å²) in [7, 11) is 0. The molecule has 17 heavy (non-hydrogen) atoms. The molecule has 5 nitrogen and oxygen atoms in total. The van der Waals surface area contributed by atoms with Crippen molar-refractivity contribution in [3.05, 3.63) is 0 Å². The summed E-state index contributed by atoms with van der Waals surface area (Å²) < 4.78 is 0. The molecule has 1 heterocycles. The zero-order chi connectivity index (χ0) is 12.5. The lowest BCUT2D eigenvalue weighted by Gasteiger charge is -2.30. The number of amides is 3. The van der Waals surface area contributed by atoms with Gasteiger partial charge in [-0.3, -0.25) is 9.69 Å². The number of imide groups is 1. The smallest absolute Gasteiger partial charge is 0.325 e. The largest absolute Gasteiger partial charge is 0.326 e. The fraction of sp³-hybridized carbons (Fsp3) is 0.833. The summed E-state index contributed by atoms with van der Waals surface area (Å²) in [5.74, 6) is -0.0638. The maximum absolute atomic E-state index is 12.3. The molecular formula is C12H21N3O2. The molecule has 0 radical (unpaired) electrons. The highest BCUT2D eigenvalue weighted by molar-refractivity contribution is 6.07. The van der Waals surface area contributed by atoms with Crippen LogP contribution >= 0.6 is 0 Å². The molecule has 2 aliphatic rings. The summed E-state index contributed by atoms with van der Waals surface area (Å²) >= 11 is 0. The second kappa shape index (κ2) is 4.64. The normalized spacial score (nSPS) is 25.2. The molecule has 5 heteroatoms. The summed E-state index contributed by atoms with van der Waals surface area (Å²) in [5.41, 5.74) is 5.21. The molecule has 0 aromatic carbocycles. The van der Waals surface area contributed by atoms with Gasteiger partial charge in [0.25, 0.3) is 5.91 Å². The fourth-order valence-electron chi connectivity index (χ4n) is 2.70. The lowest BCUT2D eigenvalue weighted by atomic mass is 9.82. The maximum Gasteiger partial charge on any atom is 0.325 e. The van der Waals surface area contributed by atoms with Crippen molar-refractivity contribution in [2.24, 2.45) is 5.73 Å². The van der Waals surface area contributed by atoms with Crippen LogP contribution in [0.2, 0.25) is 0 Å². The first kappa shape index (κ1) is 12.4. The molecule has 1 saturated heterocycles. The van der Waals surface area contributed by atoms with Crippen LogP contribution in [0.15, 0.2) is 0 Å². The zero-order valence-corrected chi connectivity index (χ0v) is 10.4. The van der Waals surface area contributed by atoms with Crippen molar-refractivity contribution in [3.8, 4) is 0 Å². The van der Waals surface area contributed by atoms with E-state index in [2.05, 4.69) is 5.32 Å². The van der Waals surface area contributed by atoms with Crippen LogP contribution in [0.25, 0.3) is 0 Å². The number of nitrogens with one attached hydrogen (secondary N) is 1. The number of urea groups is 1. The highest BCUT2D eigenvalue weighted by atomic mass is 16.2. The van der Waals surface area contributed by atoms with Crippen molar-refractivity contribution >= 4 is 11.9 Å². The molecule has 3 N–H and O–H groups in total. The van der Waals surface area contributed by atoms with Gasteiger partial charge in [-0.1, -0.05) is 26.2 Å². The average molecular weight is 239 g/mol. The first-order valence-corrected chi connectivity index (χ1v) is 6.49. The maximum atomic E-state index is 12.3.